The highest BCUT2D eigenvalue weighted by molar-refractivity contribution is 6.31. The summed E-state index contributed by atoms with van der Waals surface area (Å²) < 4.78 is 0. The van der Waals surface area contributed by atoms with E-state index in [1.165, 1.54) is 12.8 Å². The molecule has 0 saturated carbocycles. The molecule has 0 amide bonds. The van der Waals surface area contributed by atoms with Gasteiger partial charge in [0.25, 0.3) is 0 Å². The van der Waals surface area contributed by atoms with Crippen molar-refractivity contribution >= 4 is 28.3 Å². The van der Waals surface area contributed by atoms with E-state index in [4.69, 9.17) is 11.6 Å². The molecule has 0 atom stereocenters. The summed E-state index contributed by atoms with van der Waals surface area (Å²) in [6.45, 7) is 1.97. The monoisotopic (exact) mass is 249 g/mol. The van der Waals surface area contributed by atoms with E-state index < -0.39 is 0 Å². The van der Waals surface area contributed by atoms with Gasteiger partial charge in [-0.15, -0.1) is 5.11 Å². The summed E-state index contributed by atoms with van der Waals surface area (Å²) in [6.07, 6.45) is 2.38. The van der Waals surface area contributed by atoms with E-state index in [0.29, 0.717) is 10.8 Å². The molecule has 1 aliphatic heterocycles. The van der Waals surface area contributed by atoms with Gasteiger partial charge in [-0.1, -0.05) is 16.8 Å². The van der Waals surface area contributed by atoms with Crippen LogP contribution < -0.4 is 0 Å². The highest BCUT2D eigenvalue weighted by Gasteiger charge is 2.10. The molecule has 0 spiro atoms. The topological polar surface area (TPSA) is 56.6 Å². The molecular weight excluding hydrogens is 238 g/mol. The molecule has 0 radical (unpaired) electrons. The molecule has 88 valence electrons. The second-order valence-electron chi connectivity index (χ2n) is 4.09. The van der Waals surface area contributed by atoms with Crippen LogP contribution in [-0.2, 0) is 0 Å². The molecule has 2 aromatic rings. The number of fused-ring (bicyclic) bond motifs is 1. The highest BCUT2D eigenvalue weighted by Crippen LogP contribution is 2.26. The van der Waals surface area contributed by atoms with Crippen LogP contribution in [0.1, 0.15) is 12.8 Å². The van der Waals surface area contributed by atoms with Gasteiger partial charge in [0.1, 0.15) is 0 Å². The Morgan fingerprint density at radius 3 is 2.94 bits per heavy atom. The van der Waals surface area contributed by atoms with Gasteiger partial charge in [-0.3, -0.25) is 10.1 Å². The van der Waals surface area contributed by atoms with Crippen LogP contribution in [0.5, 0.6) is 0 Å². The normalized spacial score (nSPS) is 16.4. The molecule has 1 aromatic heterocycles. The number of H-pyrrole nitrogens is 1. The lowest BCUT2D eigenvalue weighted by molar-refractivity contribution is 0.336. The van der Waals surface area contributed by atoms with Crippen LogP contribution in [0.15, 0.2) is 28.5 Å². The Balaban J connectivity index is 1.89. The van der Waals surface area contributed by atoms with Crippen molar-refractivity contribution in [3.63, 3.8) is 0 Å². The van der Waals surface area contributed by atoms with E-state index >= 15 is 0 Å². The van der Waals surface area contributed by atoms with Gasteiger partial charge < -0.3 is 0 Å². The maximum Gasteiger partial charge on any atom is 0.205 e. The summed E-state index contributed by atoms with van der Waals surface area (Å²) in [5, 5.41) is 19.0. The third kappa shape index (κ3) is 2.10. The van der Waals surface area contributed by atoms with Crippen LogP contribution in [0.4, 0.5) is 5.82 Å². The summed E-state index contributed by atoms with van der Waals surface area (Å²) in [5.74, 6) is 0.614. The SMILES string of the molecule is Clc1ccc2c(N=NN3CCCC3)n[nH]c2c1. The first kappa shape index (κ1) is 10.5. The molecule has 0 aliphatic carbocycles. The maximum absolute atomic E-state index is 5.90. The summed E-state index contributed by atoms with van der Waals surface area (Å²) in [5.41, 5.74) is 0.882. The Bertz CT molecular complexity index is 556. The molecule has 1 aliphatic rings. The zero-order valence-electron chi connectivity index (χ0n) is 9.23. The number of nitrogens with one attached hydrogen (secondary N) is 1. The van der Waals surface area contributed by atoms with Crippen LogP contribution in [0, 0.1) is 0 Å². The van der Waals surface area contributed by atoms with Crippen LogP contribution in [-0.4, -0.2) is 28.3 Å². The maximum atomic E-state index is 5.90. The average molecular weight is 250 g/mol. The predicted octanol–water partition coefficient (Wildman–Crippen LogP) is 3.31. The van der Waals surface area contributed by atoms with Gasteiger partial charge in [0, 0.05) is 23.5 Å². The number of halogens is 1. The lowest BCUT2D eigenvalue weighted by Gasteiger charge is -2.05. The second-order valence-corrected chi connectivity index (χ2v) is 4.52. The second kappa shape index (κ2) is 4.33. The molecule has 2 heterocycles. The van der Waals surface area contributed by atoms with Crippen molar-refractivity contribution in [3.05, 3.63) is 23.2 Å². The first-order valence-corrected chi connectivity index (χ1v) is 6.01. The van der Waals surface area contributed by atoms with Gasteiger partial charge >= 0.3 is 0 Å². The number of hydrogen-bond donors (Lipinski definition) is 1. The number of aromatic nitrogens is 2. The van der Waals surface area contributed by atoms with Crippen molar-refractivity contribution in [1.29, 1.82) is 0 Å². The fourth-order valence-corrected chi connectivity index (χ4v) is 2.12. The average Bonchev–Trinajstić information content (AvgIpc) is 2.94. The summed E-state index contributed by atoms with van der Waals surface area (Å²) in [6, 6.07) is 5.56. The van der Waals surface area contributed by atoms with Gasteiger partial charge in [-0.25, -0.2) is 0 Å². The van der Waals surface area contributed by atoms with Crippen molar-refractivity contribution in [2.75, 3.05) is 13.1 Å². The number of hydrogen-bond acceptors (Lipinski definition) is 3. The van der Waals surface area contributed by atoms with Crippen molar-refractivity contribution in [3.8, 4) is 0 Å². The quantitative estimate of drug-likeness (QED) is 0.830. The minimum atomic E-state index is 0.614. The summed E-state index contributed by atoms with van der Waals surface area (Å²) in [7, 11) is 0. The number of benzene rings is 1. The number of rotatable bonds is 2. The molecule has 17 heavy (non-hydrogen) atoms. The molecule has 1 saturated heterocycles. The van der Waals surface area contributed by atoms with Crippen LogP contribution in [0.3, 0.4) is 0 Å². The molecule has 1 N–H and O–H groups in total. The summed E-state index contributed by atoms with van der Waals surface area (Å²) >= 11 is 5.90. The van der Waals surface area contributed by atoms with E-state index in [-0.39, 0.29) is 0 Å². The Labute approximate surface area is 103 Å². The van der Waals surface area contributed by atoms with Crippen molar-refractivity contribution in [2.24, 2.45) is 10.3 Å². The number of aromatic amines is 1. The third-order valence-electron chi connectivity index (χ3n) is 2.85. The van der Waals surface area contributed by atoms with Crippen LogP contribution in [0.2, 0.25) is 5.02 Å². The predicted molar refractivity (Wildman–Crippen MR) is 66.4 cm³/mol. The first-order valence-electron chi connectivity index (χ1n) is 5.63. The molecule has 3 rings (SSSR count). The Kier molecular flexibility index (Phi) is 2.68. The molecule has 1 aromatic carbocycles. The van der Waals surface area contributed by atoms with Gasteiger partial charge in [-0.2, -0.15) is 5.10 Å². The largest absolute Gasteiger partial charge is 0.278 e. The zero-order chi connectivity index (χ0) is 11.7. The minimum Gasteiger partial charge on any atom is -0.278 e. The van der Waals surface area contributed by atoms with Crippen molar-refractivity contribution in [1.82, 2.24) is 15.2 Å². The van der Waals surface area contributed by atoms with Crippen molar-refractivity contribution in [2.45, 2.75) is 12.8 Å². The molecule has 0 bridgehead atoms. The zero-order valence-corrected chi connectivity index (χ0v) is 9.98. The Morgan fingerprint density at radius 2 is 2.12 bits per heavy atom. The Morgan fingerprint density at radius 1 is 1.29 bits per heavy atom. The van der Waals surface area contributed by atoms with E-state index in [2.05, 4.69) is 20.5 Å². The van der Waals surface area contributed by atoms with Crippen LogP contribution in [0.25, 0.3) is 10.9 Å². The first-order chi connectivity index (χ1) is 8.33. The minimum absolute atomic E-state index is 0.614. The fraction of sp³-hybridized carbons (Fsp3) is 0.364. The lowest BCUT2D eigenvalue weighted by atomic mass is 10.2. The van der Waals surface area contributed by atoms with Crippen LogP contribution >= 0.6 is 11.6 Å². The standard InChI is InChI=1S/C11H12ClN5/c12-8-3-4-9-10(7-8)13-14-11(9)15-16-17-5-1-2-6-17/h3-4,7H,1-2,5-6H2,(H,13,14). The van der Waals surface area contributed by atoms with Gasteiger partial charge in [-0.05, 0) is 31.0 Å². The van der Waals surface area contributed by atoms with Gasteiger partial charge in [0.2, 0.25) is 5.82 Å². The summed E-state index contributed by atoms with van der Waals surface area (Å²) in [4.78, 5) is 0. The smallest absolute Gasteiger partial charge is 0.205 e. The van der Waals surface area contributed by atoms with E-state index in [0.717, 1.165) is 24.0 Å². The van der Waals surface area contributed by atoms with E-state index in [1.807, 2.05) is 23.2 Å². The Hall–Kier alpha value is -1.62. The number of nitrogens with zero attached hydrogens (tertiary/aromatic N) is 4. The van der Waals surface area contributed by atoms with Crippen molar-refractivity contribution < 1.29 is 0 Å². The third-order valence-corrected chi connectivity index (χ3v) is 3.09. The van der Waals surface area contributed by atoms with Gasteiger partial charge in [0.05, 0.1) is 5.52 Å². The highest BCUT2D eigenvalue weighted by atomic mass is 35.5. The molecule has 5 nitrogen and oxygen atoms in total. The molecule has 6 heteroatoms. The molecule has 1 fully saturated rings. The van der Waals surface area contributed by atoms with E-state index in [1.54, 1.807) is 0 Å². The van der Waals surface area contributed by atoms with E-state index in [9.17, 15) is 0 Å². The fourth-order valence-electron chi connectivity index (χ4n) is 1.95. The molecular formula is C11H12ClN5. The van der Waals surface area contributed by atoms with Gasteiger partial charge in [0.15, 0.2) is 0 Å². The lowest BCUT2D eigenvalue weighted by Crippen LogP contribution is -2.09. The molecule has 0 unspecified atom stereocenters.